The van der Waals surface area contributed by atoms with E-state index in [1.165, 1.54) is 68.2 Å². The number of nitrogens with zero attached hydrogens (tertiary/aromatic N) is 6. The molecule has 15 heteroatoms. The number of hydrogen-bond acceptors (Lipinski definition) is 14. The van der Waals surface area contributed by atoms with Crippen molar-refractivity contribution in [1.29, 1.82) is 0 Å². The Bertz CT molecular complexity index is 1510. The summed E-state index contributed by atoms with van der Waals surface area (Å²) in [6.07, 6.45) is 14.6. The van der Waals surface area contributed by atoms with Gasteiger partial charge in [-0.25, -0.2) is 4.31 Å². The van der Waals surface area contributed by atoms with Gasteiger partial charge in [0.05, 0.1) is 19.8 Å². The molecule has 5 heterocycles. The topological polar surface area (TPSA) is 90.4 Å². The Balaban J connectivity index is 0. The first-order chi connectivity index (χ1) is 35.5. The van der Waals surface area contributed by atoms with Crippen LogP contribution in [0.1, 0.15) is 122 Å². The number of aliphatic hydroxyl groups is 1. The number of benzene rings is 2. The summed E-state index contributed by atoms with van der Waals surface area (Å²) in [6, 6.07) is 17.5. The van der Waals surface area contributed by atoms with Crippen LogP contribution in [0.5, 0.6) is 11.5 Å². The number of ether oxygens (including phenoxy) is 3. The van der Waals surface area contributed by atoms with Gasteiger partial charge in [-0.2, -0.15) is 0 Å². The van der Waals surface area contributed by atoms with E-state index in [0.29, 0.717) is 25.4 Å². The van der Waals surface area contributed by atoms with Gasteiger partial charge in [-0.1, -0.05) is 107 Å². The maximum absolute atomic E-state index is 10.6. The third-order valence-corrected chi connectivity index (χ3v) is 15.6. The molecule has 0 amide bonds. The number of likely N-dealkylation sites (tertiary alicyclic amines) is 4. The molecule has 0 atom stereocenters. The molecule has 0 bridgehead atoms. The molecular weight excluding hydrogens is 1010 g/mol. The molecule has 5 saturated heterocycles. The Kier molecular flexibility index (Phi) is 52.0. The Morgan fingerprint density at radius 2 is 1.11 bits per heavy atom. The van der Waals surface area contributed by atoms with Gasteiger partial charge in [0, 0.05) is 81.3 Å². The van der Waals surface area contributed by atoms with E-state index < -0.39 is 0 Å². The quantitative estimate of drug-likeness (QED) is 0.0674. The van der Waals surface area contributed by atoms with E-state index in [-0.39, 0.29) is 64.6 Å². The second-order valence-corrected chi connectivity index (χ2v) is 21.7. The molecular formula is C59H113KN6O5S3. The largest absolute Gasteiger partial charge is 1.00 e. The van der Waals surface area contributed by atoms with Crippen molar-refractivity contribution in [1.82, 2.24) is 28.8 Å². The van der Waals surface area contributed by atoms with Crippen LogP contribution in [0.15, 0.2) is 58.3 Å². The SMILES string of the molecule is CC.CC.CC.CC.CC(C)C1CCN(C2CCN(C)CC2)CC1.CSN1CCN(CCOCCO)CC1.CSc1cccc(OC2CCN(CC[O-])CC2)c1.CSc1cccc(OC2CN(CC(C)C)C2)c1.[K+]. The van der Waals surface area contributed by atoms with E-state index in [1.807, 2.05) is 85.5 Å². The third-order valence-electron chi connectivity index (χ3n) is 13.3. The van der Waals surface area contributed by atoms with Crippen LogP contribution < -0.4 is 66.0 Å². The summed E-state index contributed by atoms with van der Waals surface area (Å²) in [4.78, 5) is 14.8. The second-order valence-electron chi connectivity index (χ2n) is 19.0. The summed E-state index contributed by atoms with van der Waals surface area (Å²) in [5.74, 6) is 4.59. The van der Waals surface area contributed by atoms with Crippen molar-refractivity contribution in [3.8, 4) is 11.5 Å². The zero-order valence-electron chi connectivity index (χ0n) is 50.7. The van der Waals surface area contributed by atoms with E-state index in [9.17, 15) is 5.11 Å². The van der Waals surface area contributed by atoms with E-state index in [1.54, 1.807) is 23.5 Å². The standard InChI is InChI=1S/C14H28N2.C14H20NO2S.C14H21NOS.C9H20N2O2S.4C2H6.K/c1-12(2)13-4-10-16(11-5-13)14-6-8-15(3)9-7-14;1-18-14-4-2-3-13(11-14)17-12-5-7-15(8-6-12)9-10-16;1-11(2)8-15-9-13(10-15)16-12-5-4-6-14(7-12)17-3;1-14-11-4-2-10(3-5-11)6-8-13-9-7-12;4*1-2;/h12-14H,4-11H2,1-3H3;2-4,11-12H,5-10H2,1H3;4-7,11,13H,8-10H2,1-3H3;12H,2-9H2,1H3;4*1-2H3;/q;-1;;;;;;;+1. The Hall–Kier alpha value is 0.366. The summed E-state index contributed by atoms with van der Waals surface area (Å²) in [6.45, 7) is 43.4. The predicted octanol–water partition coefficient (Wildman–Crippen LogP) is 8.19. The van der Waals surface area contributed by atoms with Gasteiger partial charge in [-0.3, -0.25) is 9.80 Å². The molecule has 11 nitrogen and oxygen atoms in total. The summed E-state index contributed by atoms with van der Waals surface area (Å²) in [7, 11) is 2.25. The fraction of sp³-hybridized carbons (Fsp3) is 0.797. The number of piperazine rings is 1. The van der Waals surface area contributed by atoms with Gasteiger partial charge in [0.25, 0.3) is 0 Å². The molecule has 0 saturated carbocycles. The monoisotopic (exact) mass is 1120 g/mol. The van der Waals surface area contributed by atoms with Gasteiger partial charge < -0.3 is 39.1 Å². The number of rotatable bonds is 18. The molecule has 0 aromatic heterocycles. The Morgan fingerprint density at radius 3 is 1.55 bits per heavy atom. The fourth-order valence-electron chi connectivity index (χ4n) is 9.18. The molecule has 5 fully saturated rings. The first kappa shape index (κ1) is 76.4. The number of piperidine rings is 3. The van der Waals surface area contributed by atoms with Crippen LogP contribution in [0.3, 0.4) is 0 Å². The average Bonchev–Trinajstić information content (AvgIpc) is 3.43. The number of thioether (sulfide) groups is 2. The summed E-state index contributed by atoms with van der Waals surface area (Å²) < 4.78 is 19.6. The molecule has 2 aromatic carbocycles. The molecule has 1 N–H and O–H groups in total. The van der Waals surface area contributed by atoms with Gasteiger partial charge in [0.1, 0.15) is 23.7 Å². The molecule has 0 spiro atoms. The summed E-state index contributed by atoms with van der Waals surface area (Å²) in [5, 5.41) is 19.1. The van der Waals surface area contributed by atoms with Crippen LogP contribution in [0.25, 0.3) is 0 Å². The van der Waals surface area contributed by atoms with Crippen molar-refractivity contribution in [3.63, 3.8) is 0 Å². The normalized spacial score (nSPS) is 18.4. The Labute approximate surface area is 513 Å². The molecule has 0 unspecified atom stereocenters. The molecule has 5 aliphatic rings. The molecule has 74 heavy (non-hydrogen) atoms. The Morgan fingerprint density at radius 1 is 0.608 bits per heavy atom. The predicted molar refractivity (Wildman–Crippen MR) is 322 cm³/mol. The number of aliphatic hydroxyl groups excluding tert-OH is 1. The van der Waals surface area contributed by atoms with Gasteiger partial charge in [-0.05, 0) is 151 Å². The average molecular weight is 1120 g/mol. The first-order valence-electron chi connectivity index (χ1n) is 28.8. The van der Waals surface area contributed by atoms with Crippen LogP contribution in [0.4, 0.5) is 0 Å². The van der Waals surface area contributed by atoms with Gasteiger partial charge in [0.15, 0.2) is 0 Å². The second kappa shape index (κ2) is 50.3. The zero-order valence-corrected chi connectivity index (χ0v) is 56.3. The molecule has 5 aliphatic heterocycles. The molecule has 7 rings (SSSR count). The summed E-state index contributed by atoms with van der Waals surface area (Å²) in [5.41, 5.74) is 0. The van der Waals surface area contributed by atoms with Crippen LogP contribution in [-0.2, 0) is 4.74 Å². The number of hydrogen-bond donors (Lipinski definition) is 1. The van der Waals surface area contributed by atoms with Gasteiger partial charge in [0.2, 0.25) is 0 Å². The van der Waals surface area contributed by atoms with E-state index in [4.69, 9.17) is 19.3 Å². The summed E-state index contributed by atoms with van der Waals surface area (Å²) >= 11 is 5.31. The van der Waals surface area contributed by atoms with Crippen molar-refractivity contribution in [2.75, 3.05) is 150 Å². The smallest absolute Gasteiger partial charge is 0.854 e. The minimum absolute atomic E-state index is 0. The minimum atomic E-state index is 0. The van der Waals surface area contributed by atoms with Gasteiger partial charge in [-0.15, -0.1) is 30.1 Å². The molecule has 0 radical (unpaired) electrons. The molecule has 2 aromatic rings. The first-order valence-corrected chi connectivity index (χ1v) is 32.4. The van der Waals surface area contributed by atoms with Crippen LogP contribution in [0, 0.1) is 17.8 Å². The van der Waals surface area contributed by atoms with Gasteiger partial charge >= 0.3 is 51.4 Å². The van der Waals surface area contributed by atoms with Crippen molar-refractivity contribution in [2.24, 2.45) is 17.8 Å². The minimum Gasteiger partial charge on any atom is -0.854 e. The zero-order chi connectivity index (χ0) is 54.8. The van der Waals surface area contributed by atoms with Crippen molar-refractivity contribution in [3.05, 3.63) is 48.5 Å². The van der Waals surface area contributed by atoms with Crippen molar-refractivity contribution < 1.29 is 75.8 Å². The van der Waals surface area contributed by atoms with E-state index in [2.05, 4.69) is 113 Å². The van der Waals surface area contributed by atoms with Crippen LogP contribution in [0.2, 0.25) is 0 Å². The maximum Gasteiger partial charge on any atom is 1.00 e. The molecule has 428 valence electrons. The fourth-order valence-corrected chi connectivity index (χ4v) is 10.6. The van der Waals surface area contributed by atoms with Crippen LogP contribution in [-0.4, -0.2) is 203 Å². The van der Waals surface area contributed by atoms with Crippen molar-refractivity contribution >= 4 is 35.5 Å². The van der Waals surface area contributed by atoms with Crippen LogP contribution >= 0.6 is 35.5 Å². The van der Waals surface area contributed by atoms with E-state index in [0.717, 1.165) is 114 Å². The molecule has 0 aliphatic carbocycles. The van der Waals surface area contributed by atoms with E-state index >= 15 is 0 Å². The maximum atomic E-state index is 10.6. The third kappa shape index (κ3) is 34.5. The van der Waals surface area contributed by atoms with Crippen molar-refractivity contribution in [2.45, 2.75) is 150 Å².